The zero-order valence-electron chi connectivity index (χ0n) is 18.5. The number of rotatable bonds is 8. The number of hydrogen-bond acceptors (Lipinski definition) is 4. The minimum absolute atomic E-state index is 0.106. The number of nitriles is 1. The number of ether oxygens (including phenoxy) is 1. The van der Waals surface area contributed by atoms with E-state index in [0.29, 0.717) is 29.7 Å². The normalized spacial score (nSPS) is 10.6. The van der Waals surface area contributed by atoms with Crippen molar-refractivity contribution in [1.29, 1.82) is 5.26 Å². The van der Waals surface area contributed by atoms with Crippen molar-refractivity contribution in [1.82, 2.24) is 4.57 Å². The molecular weight excluding hydrogens is 404 g/mol. The van der Waals surface area contributed by atoms with Gasteiger partial charge in [0.05, 0.1) is 12.2 Å². The molecule has 0 radical (unpaired) electrons. The van der Waals surface area contributed by atoms with Gasteiger partial charge in [0.15, 0.2) is 0 Å². The summed E-state index contributed by atoms with van der Waals surface area (Å²) in [5, 5.41) is 18.7. The fourth-order valence-electron chi connectivity index (χ4n) is 3.93. The summed E-state index contributed by atoms with van der Waals surface area (Å²) < 4.78 is 7.02. The molecule has 0 aliphatic heterocycles. The van der Waals surface area contributed by atoms with Gasteiger partial charge in [-0.2, -0.15) is 5.26 Å². The molecule has 0 fully saturated rings. The Kier molecular flexibility index (Phi) is 7.11. The lowest BCUT2D eigenvalue weighted by molar-refractivity contribution is -0.136. The Balaban J connectivity index is 1.98. The van der Waals surface area contributed by atoms with E-state index in [2.05, 4.69) is 6.07 Å². The molecular formula is C26H26N2O4. The minimum atomic E-state index is -0.810. The summed E-state index contributed by atoms with van der Waals surface area (Å²) in [6.45, 7) is 3.97. The van der Waals surface area contributed by atoms with Crippen LogP contribution in [0.25, 0.3) is 22.3 Å². The van der Waals surface area contributed by atoms with Gasteiger partial charge < -0.3 is 14.4 Å². The largest absolute Gasteiger partial charge is 0.481 e. The van der Waals surface area contributed by atoms with Crippen LogP contribution in [0.1, 0.15) is 47.6 Å². The molecule has 1 N–H and O–H groups in total. The topological polar surface area (TPSA) is 92.3 Å². The lowest BCUT2D eigenvalue weighted by Crippen LogP contribution is -2.12. The zero-order chi connectivity index (χ0) is 23.3. The third kappa shape index (κ3) is 4.57. The summed E-state index contributed by atoms with van der Waals surface area (Å²) in [5.74, 6) is -1.25. The number of esters is 1. The number of carboxylic acids is 1. The van der Waals surface area contributed by atoms with Crippen molar-refractivity contribution in [2.24, 2.45) is 7.05 Å². The smallest absolute Gasteiger partial charge is 0.355 e. The fraction of sp³-hybridized carbons (Fsp3) is 0.269. The Morgan fingerprint density at radius 1 is 1.00 bits per heavy atom. The second-order valence-electron chi connectivity index (χ2n) is 7.46. The molecule has 0 spiro atoms. The minimum Gasteiger partial charge on any atom is -0.481 e. The summed E-state index contributed by atoms with van der Waals surface area (Å²) in [5.41, 5.74) is 6.02. The van der Waals surface area contributed by atoms with E-state index >= 15 is 0 Å². The van der Waals surface area contributed by atoms with Gasteiger partial charge in [-0.1, -0.05) is 55.5 Å². The van der Waals surface area contributed by atoms with Crippen LogP contribution in [0.3, 0.4) is 0 Å². The molecule has 6 heteroatoms. The van der Waals surface area contributed by atoms with E-state index in [9.17, 15) is 14.9 Å². The van der Waals surface area contributed by atoms with E-state index in [-0.39, 0.29) is 13.0 Å². The van der Waals surface area contributed by atoms with Gasteiger partial charge >= 0.3 is 11.9 Å². The van der Waals surface area contributed by atoms with Crippen molar-refractivity contribution in [2.45, 2.75) is 33.1 Å². The second kappa shape index (κ2) is 9.97. The van der Waals surface area contributed by atoms with E-state index in [0.717, 1.165) is 27.9 Å². The molecule has 0 saturated carbocycles. The van der Waals surface area contributed by atoms with Crippen molar-refractivity contribution in [3.8, 4) is 28.3 Å². The van der Waals surface area contributed by atoms with Crippen molar-refractivity contribution < 1.29 is 19.4 Å². The Labute approximate surface area is 187 Å². The van der Waals surface area contributed by atoms with Crippen LogP contribution in [0.2, 0.25) is 0 Å². The van der Waals surface area contributed by atoms with Crippen molar-refractivity contribution >= 4 is 11.9 Å². The first-order valence-corrected chi connectivity index (χ1v) is 10.6. The molecule has 2 aromatic carbocycles. The van der Waals surface area contributed by atoms with E-state index in [1.807, 2.05) is 55.5 Å². The van der Waals surface area contributed by atoms with Gasteiger partial charge in [0, 0.05) is 24.7 Å². The van der Waals surface area contributed by atoms with Crippen LogP contribution in [0.5, 0.6) is 0 Å². The molecule has 1 heterocycles. The average molecular weight is 431 g/mol. The monoisotopic (exact) mass is 430 g/mol. The zero-order valence-corrected chi connectivity index (χ0v) is 18.5. The van der Waals surface area contributed by atoms with Crippen LogP contribution in [0.4, 0.5) is 0 Å². The highest BCUT2D eigenvalue weighted by molar-refractivity contribution is 5.98. The van der Waals surface area contributed by atoms with E-state index in [4.69, 9.17) is 9.84 Å². The number of aromatic nitrogens is 1. The summed E-state index contributed by atoms with van der Waals surface area (Å²) in [6.07, 6.45) is 1.23. The molecule has 0 atom stereocenters. The SMILES string of the molecule is CCOC(=O)c1c(-c2ccc(-c3ccc(CCC(=O)O)cc3)cc2)c(C#N)c(CC)n1C. The Morgan fingerprint density at radius 2 is 1.56 bits per heavy atom. The lowest BCUT2D eigenvalue weighted by Gasteiger charge is -2.09. The summed E-state index contributed by atoms with van der Waals surface area (Å²) in [4.78, 5) is 23.4. The van der Waals surface area contributed by atoms with Crippen LogP contribution in [-0.2, 0) is 29.4 Å². The summed E-state index contributed by atoms with van der Waals surface area (Å²) in [6, 6.07) is 17.8. The Morgan fingerprint density at radius 3 is 2.06 bits per heavy atom. The molecule has 1 aromatic heterocycles. The second-order valence-corrected chi connectivity index (χ2v) is 7.46. The quantitative estimate of drug-likeness (QED) is 0.509. The third-order valence-corrected chi connectivity index (χ3v) is 5.52. The van der Waals surface area contributed by atoms with E-state index in [1.165, 1.54) is 0 Å². The van der Waals surface area contributed by atoms with Crippen LogP contribution in [0.15, 0.2) is 48.5 Å². The van der Waals surface area contributed by atoms with Crippen molar-refractivity contribution in [3.63, 3.8) is 0 Å². The molecule has 3 aromatic rings. The van der Waals surface area contributed by atoms with Gasteiger partial charge in [0.1, 0.15) is 11.8 Å². The maximum absolute atomic E-state index is 12.7. The maximum atomic E-state index is 12.7. The summed E-state index contributed by atoms with van der Waals surface area (Å²) >= 11 is 0. The number of carboxylic acid groups (broad SMARTS) is 1. The Hall–Kier alpha value is -3.85. The van der Waals surface area contributed by atoms with Gasteiger partial charge in [-0.25, -0.2) is 4.79 Å². The highest BCUT2D eigenvalue weighted by Crippen LogP contribution is 2.34. The molecule has 0 unspecified atom stereocenters. The fourth-order valence-corrected chi connectivity index (χ4v) is 3.93. The highest BCUT2D eigenvalue weighted by Gasteiger charge is 2.26. The average Bonchev–Trinajstić information content (AvgIpc) is 3.09. The highest BCUT2D eigenvalue weighted by atomic mass is 16.5. The number of carbonyl (C=O) groups excluding carboxylic acids is 1. The summed E-state index contributed by atoms with van der Waals surface area (Å²) in [7, 11) is 1.79. The van der Waals surface area contributed by atoms with E-state index < -0.39 is 11.9 Å². The number of benzene rings is 2. The van der Waals surface area contributed by atoms with Gasteiger partial charge in [-0.3, -0.25) is 4.79 Å². The molecule has 0 amide bonds. The molecule has 0 aliphatic rings. The predicted molar refractivity (Wildman–Crippen MR) is 122 cm³/mol. The Bertz CT molecular complexity index is 1170. The molecule has 0 saturated heterocycles. The van der Waals surface area contributed by atoms with Crippen LogP contribution in [0, 0.1) is 11.3 Å². The lowest BCUT2D eigenvalue weighted by atomic mass is 9.96. The molecule has 6 nitrogen and oxygen atoms in total. The van der Waals surface area contributed by atoms with Crippen LogP contribution in [-0.4, -0.2) is 28.2 Å². The van der Waals surface area contributed by atoms with Gasteiger partial charge in [0.2, 0.25) is 0 Å². The standard InChI is InChI=1S/C26H26N2O4/c1-4-22-21(16-27)24(25(28(22)3)26(31)32-5-2)20-13-11-19(12-14-20)18-9-6-17(7-10-18)8-15-23(29)30/h6-7,9-14H,4-5,8,15H2,1-3H3,(H,29,30). The number of carbonyl (C=O) groups is 2. The first-order valence-electron chi connectivity index (χ1n) is 10.6. The molecule has 32 heavy (non-hydrogen) atoms. The number of hydrogen-bond donors (Lipinski definition) is 1. The van der Waals surface area contributed by atoms with Gasteiger partial charge in [-0.05, 0) is 42.0 Å². The maximum Gasteiger partial charge on any atom is 0.355 e. The van der Waals surface area contributed by atoms with Crippen LogP contribution >= 0.6 is 0 Å². The van der Waals surface area contributed by atoms with Crippen LogP contribution < -0.4 is 0 Å². The molecule has 164 valence electrons. The van der Waals surface area contributed by atoms with Gasteiger partial charge in [-0.15, -0.1) is 0 Å². The molecule has 0 bridgehead atoms. The predicted octanol–water partition coefficient (Wildman–Crippen LogP) is 4.99. The van der Waals surface area contributed by atoms with E-state index in [1.54, 1.807) is 18.5 Å². The van der Waals surface area contributed by atoms with Crippen molar-refractivity contribution in [2.75, 3.05) is 6.61 Å². The third-order valence-electron chi connectivity index (χ3n) is 5.52. The number of aliphatic carboxylic acids is 1. The number of nitrogens with zero attached hydrogens (tertiary/aromatic N) is 2. The van der Waals surface area contributed by atoms with Gasteiger partial charge in [0.25, 0.3) is 0 Å². The van der Waals surface area contributed by atoms with Crippen molar-refractivity contribution in [3.05, 3.63) is 71.0 Å². The first-order chi connectivity index (χ1) is 15.4. The first kappa shape index (κ1) is 22.8. The molecule has 0 aliphatic carbocycles. The number of aryl methyl sites for hydroxylation is 1. The molecule has 3 rings (SSSR count).